The molecule has 0 aliphatic carbocycles. The van der Waals surface area contributed by atoms with Crippen molar-refractivity contribution in [3.63, 3.8) is 0 Å². The predicted molar refractivity (Wildman–Crippen MR) is 114 cm³/mol. The topological polar surface area (TPSA) is 135 Å². The molecule has 0 saturated carbocycles. The number of hydrogen-bond donors (Lipinski definition) is 3. The largest absolute Gasteiger partial charge is 0.361 e. The molecule has 10 heteroatoms. The number of nitrogens with one attached hydrogen (secondary N) is 3. The zero-order chi connectivity index (χ0) is 22.8. The number of aryl methyl sites for hydroxylation is 2. The van der Waals surface area contributed by atoms with Crippen LogP contribution in [0, 0.1) is 25.2 Å². The second-order valence-electron chi connectivity index (χ2n) is 7.99. The van der Waals surface area contributed by atoms with Crippen molar-refractivity contribution in [3.05, 3.63) is 45.7 Å². The normalized spacial score (nSPS) is 20.2. The van der Waals surface area contributed by atoms with Crippen LogP contribution in [0.5, 0.6) is 0 Å². The number of fused-ring (bicyclic) bond motifs is 1. The average Bonchev–Trinajstić information content (AvgIpc) is 3.50. The zero-order valence-corrected chi connectivity index (χ0v) is 17.5. The van der Waals surface area contributed by atoms with Crippen LogP contribution in [-0.4, -0.2) is 40.0 Å². The molecule has 3 amide bonds. The Morgan fingerprint density at radius 1 is 1.38 bits per heavy atom. The van der Waals surface area contributed by atoms with E-state index in [9.17, 15) is 19.2 Å². The smallest absolute Gasteiger partial charge is 0.278 e. The molecule has 0 aromatic carbocycles. The molecule has 0 radical (unpaired) electrons. The highest BCUT2D eigenvalue weighted by Crippen LogP contribution is 2.25. The van der Waals surface area contributed by atoms with Gasteiger partial charge in [0.15, 0.2) is 5.69 Å². The first-order valence-electron chi connectivity index (χ1n) is 10.4. The molecule has 1 saturated heterocycles. The Morgan fingerprint density at radius 2 is 2.19 bits per heavy atom. The minimum absolute atomic E-state index is 0.0372. The Balaban J connectivity index is 1.49. The molecule has 0 unspecified atom stereocenters. The number of carbonyl (C=O) groups excluding carboxylic acids is 3. The van der Waals surface area contributed by atoms with E-state index in [0.29, 0.717) is 43.7 Å². The van der Waals surface area contributed by atoms with E-state index < -0.39 is 23.6 Å². The molecule has 32 heavy (non-hydrogen) atoms. The minimum atomic E-state index is -0.753. The van der Waals surface area contributed by atoms with Crippen LogP contribution in [0.15, 0.2) is 27.5 Å². The summed E-state index contributed by atoms with van der Waals surface area (Å²) in [6, 6.07) is 3.31. The van der Waals surface area contributed by atoms with Crippen molar-refractivity contribution in [3.8, 4) is 12.3 Å². The Labute approximate surface area is 183 Å². The molecule has 10 nitrogen and oxygen atoms in total. The van der Waals surface area contributed by atoms with Crippen molar-refractivity contribution in [2.24, 2.45) is 5.92 Å². The molecular weight excluding hydrogens is 414 g/mol. The summed E-state index contributed by atoms with van der Waals surface area (Å²) in [5.74, 6) is 1.72. The zero-order valence-electron chi connectivity index (χ0n) is 17.5. The van der Waals surface area contributed by atoms with Crippen molar-refractivity contribution < 1.29 is 18.9 Å². The van der Waals surface area contributed by atoms with E-state index in [2.05, 4.69) is 27.0 Å². The quantitative estimate of drug-likeness (QED) is 0.564. The summed E-state index contributed by atoms with van der Waals surface area (Å²) in [7, 11) is 0. The summed E-state index contributed by atoms with van der Waals surface area (Å²) >= 11 is 0. The van der Waals surface area contributed by atoms with Gasteiger partial charge in [0.1, 0.15) is 17.5 Å². The molecule has 3 N–H and O–H groups in total. The van der Waals surface area contributed by atoms with Crippen molar-refractivity contribution in [2.45, 2.75) is 44.7 Å². The van der Waals surface area contributed by atoms with Gasteiger partial charge in [0, 0.05) is 24.2 Å². The molecule has 2 aromatic heterocycles. The fraction of sp³-hybridized carbons (Fsp3) is 0.409. The lowest BCUT2D eigenvalue weighted by Crippen LogP contribution is -2.42. The lowest BCUT2D eigenvalue weighted by Gasteiger charge is -2.20. The number of terminal acetylenes is 1. The van der Waals surface area contributed by atoms with E-state index in [1.807, 2.05) is 0 Å². The Morgan fingerprint density at radius 3 is 2.84 bits per heavy atom. The lowest BCUT2D eigenvalue weighted by molar-refractivity contribution is -0.126. The van der Waals surface area contributed by atoms with E-state index in [4.69, 9.17) is 10.9 Å². The number of amides is 3. The first-order chi connectivity index (χ1) is 15.4. The van der Waals surface area contributed by atoms with Gasteiger partial charge in [-0.05, 0) is 44.7 Å². The second kappa shape index (κ2) is 8.70. The molecule has 4 rings (SSSR count). The predicted octanol–water partition coefficient (Wildman–Crippen LogP) is 0.529. The van der Waals surface area contributed by atoms with Crippen LogP contribution in [-0.2, 0) is 16.0 Å². The van der Waals surface area contributed by atoms with Gasteiger partial charge in [0.05, 0.1) is 6.04 Å². The van der Waals surface area contributed by atoms with Crippen LogP contribution >= 0.6 is 0 Å². The number of pyridine rings is 1. The number of hydrogen-bond acceptors (Lipinski definition) is 6. The fourth-order valence-electron chi connectivity index (χ4n) is 4.14. The van der Waals surface area contributed by atoms with Crippen LogP contribution in [0.25, 0.3) is 0 Å². The lowest BCUT2D eigenvalue weighted by atomic mass is 9.98. The van der Waals surface area contributed by atoms with Gasteiger partial charge in [-0.1, -0.05) is 11.1 Å². The third-order valence-electron chi connectivity index (χ3n) is 5.80. The Kier molecular flexibility index (Phi) is 5.81. The number of rotatable bonds is 6. The molecule has 2 aromatic rings. The summed E-state index contributed by atoms with van der Waals surface area (Å²) in [5, 5.41) is 11.7. The van der Waals surface area contributed by atoms with E-state index >= 15 is 0 Å². The highest BCUT2D eigenvalue weighted by atomic mass is 16.5. The third-order valence-corrected chi connectivity index (χ3v) is 5.80. The number of aromatic nitrogens is 2. The Bertz CT molecular complexity index is 1170. The maximum absolute atomic E-state index is 13.1. The molecule has 4 heterocycles. The summed E-state index contributed by atoms with van der Waals surface area (Å²) in [4.78, 5) is 50.2. The molecule has 166 valence electrons. The van der Waals surface area contributed by atoms with Gasteiger partial charge < -0.3 is 20.5 Å². The van der Waals surface area contributed by atoms with Gasteiger partial charge in [-0.25, -0.2) is 0 Å². The van der Waals surface area contributed by atoms with Gasteiger partial charge in [0.2, 0.25) is 11.8 Å². The first-order valence-corrected chi connectivity index (χ1v) is 10.4. The van der Waals surface area contributed by atoms with Gasteiger partial charge in [0.25, 0.3) is 11.5 Å². The van der Waals surface area contributed by atoms with Crippen molar-refractivity contribution in [1.29, 1.82) is 0 Å². The maximum atomic E-state index is 13.1. The summed E-state index contributed by atoms with van der Waals surface area (Å²) in [6.45, 7) is 2.25. The highest BCUT2D eigenvalue weighted by Gasteiger charge is 2.33. The minimum Gasteiger partial charge on any atom is -0.361 e. The average molecular weight is 437 g/mol. The van der Waals surface area contributed by atoms with Crippen LogP contribution in [0.4, 0.5) is 5.69 Å². The second-order valence-corrected chi connectivity index (χ2v) is 7.99. The number of nitrogens with zero attached hydrogens (tertiary/aromatic N) is 2. The molecule has 2 aliphatic rings. The molecule has 0 spiro atoms. The van der Waals surface area contributed by atoms with Crippen molar-refractivity contribution in [2.75, 3.05) is 11.9 Å². The standard InChI is InChI=1S/C22H23N5O5/c1-3-14(11-13-8-9-23-19(13)28)24-21(30)18-7-5-15-4-6-16(22(31)27(15)18)25-20(29)17-10-12(2)32-26-17/h1,4,6,10,13-14,18H,5,7-9,11H2,2H3,(H,23,28)(H,24,30)(H,25,29)/t13-,14+,18-/m0/s1. The number of carbonyl (C=O) groups is 3. The van der Waals surface area contributed by atoms with Gasteiger partial charge in [-0.3, -0.25) is 23.7 Å². The maximum Gasteiger partial charge on any atom is 0.278 e. The van der Waals surface area contributed by atoms with E-state index in [0.717, 1.165) is 0 Å². The molecule has 1 fully saturated rings. The van der Waals surface area contributed by atoms with Crippen molar-refractivity contribution in [1.82, 2.24) is 20.4 Å². The first kappa shape index (κ1) is 21.4. The SMILES string of the molecule is C#C[C@H](C[C@@H]1CCNC1=O)NC(=O)[C@@H]1CCc2ccc(NC(=O)c3cc(C)on3)c(=O)n21. The van der Waals surface area contributed by atoms with Gasteiger partial charge in [-0.15, -0.1) is 6.42 Å². The highest BCUT2D eigenvalue weighted by molar-refractivity contribution is 6.02. The van der Waals surface area contributed by atoms with Crippen LogP contribution in [0.1, 0.15) is 47.2 Å². The van der Waals surface area contributed by atoms with E-state index in [-0.39, 0.29) is 29.1 Å². The van der Waals surface area contributed by atoms with Crippen LogP contribution in [0.2, 0.25) is 0 Å². The van der Waals surface area contributed by atoms with E-state index in [1.165, 1.54) is 16.7 Å². The van der Waals surface area contributed by atoms with Crippen molar-refractivity contribution >= 4 is 23.4 Å². The van der Waals surface area contributed by atoms with Crippen LogP contribution < -0.4 is 21.5 Å². The molecular formula is C22H23N5O5. The Hall–Kier alpha value is -3.87. The molecule has 0 bridgehead atoms. The summed E-state index contributed by atoms with van der Waals surface area (Å²) in [5.41, 5.74) is 0.295. The van der Waals surface area contributed by atoms with Gasteiger partial charge in [-0.2, -0.15) is 0 Å². The monoisotopic (exact) mass is 437 g/mol. The summed E-state index contributed by atoms with van der Waals surface area (Å²) < 4.78 is 6.27. The molecule has 2 aliphatic heterocycles. The van der Waals surface area contributed by atoms with E-state index in [1.54, 1.807) is 13.0 Å². The molecule has 3 atom stereocenters. The third kappa shape index (κ3) is 4.14. The van der Waals surface area contributed by atoms with Gasteiger partial charge >= 0.3 is 0 Å². The number of anilines is 1. The van der Waals surface area contributed by atoms with Crippen LogP contribution in [0.3, 0.4) is 0 Å². The fourth-order valence-corrected chi connectivity index (χ4v) is 4.14. The summed E-state index contributed by atoms with van der Waals surface area (Å²) in [6.07, 6.45) is 7.56.